The summed E-state index contributed by atoms with van der Waals surface area (Å²) in [6.45, 7) is 2.24. The number of carbonyl (C=O) groups is 3. The first kappa shape index (κ1) is 22.6. The van der Waals surface area contributed by atoms with E-state index in [4.69, 9.17) is 0 Å². The number of benzene rings is 2. The van der Waals surface area contributed by atoms with Crippen LogP contribution in [0.25, 0.3) is 0 Å². The van der Waals surface area contributed by atoms with Crippen LogP contribution in [0, 0.1) is 32.1 Å². The molecule has 2 aromatic carbocycles. The van der Waals surface area contributed by atoms with Gasteiger partial charge < -0.3 is 5.32 Å². The van der Waals surface area contributed by atoms with Crippen molar-refractivity contribution in [2.45, 2.75) is 37.6 Å². The lowest BCUT2D eigenvalue weighted by Gasteiger charge is -2.49. The van der Waals surface area contributed by atoms with E-state index in [2.05, 4.69) is 5.32 Å². The SMILES string of the molecule is CCCN1C(=O)[C@@H]2[C@H](C1=O)[C@@H]1c3ccccc3[C@H]2C[C@H]1NC(=O)c1cc([N+](=O)[O-])cc([N+](=O)[O-])c1. The second kappa shape index (κ2) is 8.26. The number of hydrogen-bond acceptors (Lipinski definition) is 7. The number of non-ortho nitro benzene ring substituents is 2. The molecule has 4 aliphatic rings. The molecule has 0 unspecified atom stereocenters. The number of fused-ring (bicyclic) bond motifs is 1. The summed E-state index contributed by atoms with van der Waals surface area (Å²) in [4.78, 5) is 61.9. The van der Waals surface area contributed by atoms with E-state index < -0.39 is 50.9 Å². The van der Waals surface area contributed by atoms with Gasteiger partial charge in [-0.05, 0) is 29.9 Å². The normalized spacial score (nSPS) is 26.3. The summed E-state index contributed by atoms with van der Waals surface area (Å²) in [7, 11) is 0. The van der Waals surface area contributed by atoms with E-state index in [1.807, 2.05) is 31.2 Å². The number of rotatable bonds is 6. The molecule has 3 amide bonds. The van der Waals surface area contributed by atoms with E-state index in [-0.39, 0.29) is 23.3 Å². The van der Waals surface area contributed by atoms with Crippen molar-refractivity contribution in [3.63, 3.8) is 0 Å². The molecule has 1 saturated heterocycles. The van der Waals surface area contributed by atoms with Gasteiger partial charge in [-0.25, -0.2) is 0 Å². The Bertz CT molecular complexity index is 1260. The Morgan fingerprint density at radius 1 is 0.971 bits per heavy atom. The number of hydrogen-bond donors (Lipinski definition) is 1. The Balaban J connectivity index is 1.51. The van der Waals surface area contributed by atoms with E-state index >= 15 is 0 Å². The number of likely N-dealkylation sites (tertiary alicyclic amines) is 1. The van der Waals surface area contributed by atoms with Crippen LogP contribution < -0.4 is 5.32 Å². The molecule has 2 bridgehead atoms. The lowest BCUT2D eigenvalue weighted by atomic mass is 9.55. The highest BCUT2D eigenvalue weighted by molar-refractivity contribution is 6.07. The summed E-state index contributed by atoms with van der Waals surface area (Å²) < 4.78 is 0. The highest BCUT2D eigenvalue weighted by Crippen LogP contribution is 2.58. The summed E-state index contributed by atoms with van der Waals surface area (Å²) in [5.41, 5.74) is 0.562. The minimum atomic E-state index is -0.793. The fourth-order valence-corrected chi connectivity index (χ4v) is 6.06. The molecule has 2 fully saturated rings. The molecule has 0 radical (unpaired) electrons. The molecular weight excluding hydrogens is 456 g/mol. The quantitative estimate of drug-likeness (QED) is 0.380. The van der Waals surface area contributed by atoms with Crippen LogP contribution in [0.4, 0.5) is 11.4 Å². The van der Waals surface area contributed by atoms with Crippen molar-refractivity contribution in [3.05, 3.63) is 79.4 Å². The lowest BCUT2D eigenvalue weighted by molar-refractivity contribution is -0.394. The van der Waals surface area contributed by atoms with Crippen LogP contribution in [0.3, 0.4) is 0 Å². The molecule has 180 valence electrons. The maximum absolute atomic E-state index is 13.3. The molecular formula is C24H22N4O7. The highest BCUT2D eigenvalue weighted by Gasteiger charge is 2.62. The van der Waals surface area contributed by atoms with Gasteiger partial charge in [-0.15, -0.1) is 0 Å². The zero-order valence-electron chi connectivity index (χ0n) is 18.7. The van der Waals surface area contributed by atoms with Crippen LogP contribution in [0.1, 0.15) is 53.1 Å². The van der Waals surface area contributed by atoms with Gasteiger partial charge in [0.15, 0.2) is 0 Å². The number of imide groups is 1. The average molecular weight is 478 g/mol. The van der Waals surface area contributed by atoms with E-state index in [1.54, 1.807) is 0 Å². The summed E-state index contributed by atoms with van der Waals surface area (Å²) in [6.07, 6.45) is 1.07. The van der Waals surface area contributed by atoms with Gasteiger partial charge in [0.2, 0.25) is 11.8 Å². The maximum Gasteiger partial charge on any atom is 0.277 e. The fraction of sp³-hybridized carbons (Fsp3) is 0.375. The molecule has 1 aliphatic heterocycles. The number of carbonyl (C=O) groups excluding carboxylic acids is 3. The third kappa shape index (κ3) is 3.46. The van der Waals surface area contributed by atoms with Gasteiger partial charge in [0.05, 0.1) is 33.3 Å². The molecule has 0 aromatic heterocycles. The van der Waals surface area contributed by atoms with Crippen molar-refractivity contribution in [3.8, 4) is 0 Å². The number of nitrogens with zero attached hydrogens (tertiary/aromatic N) is 3. The third-order valence-corrected chi connectivity index (χ3v) is 7.36. The van der Waals surface area contributed by atoms with Crippen molar-refractivity contribution < 1.29 is 24.2 Å². The van der Waals surface area contributed by atoms with E-state index in [0.29, 0.717) is 19.4 Å². The minimum Gasteiger partial charge on any atom is -0.349 e. The molecule has 6 rings (SSSR count). The number of nitro benzene ring substituents is 2. The van der Waals surface area contributed by atoms with E-state index in [9.17, 15) is 34.6 Å². The van der Waals surface area contributed by atoms with Crippen LogP contribution >= 0.6 is 0 Å². The van der Waals surface area contributed by atoms with Gasteiger partial charge in [0.25, 0.3) is 17.3 Å². The zero-order valence-corrected chi connectivity index (χ0v) is 18.7. The van der Waals surface area contributed by atoms with Crippen LogP contribution in [0.15, 0.2) is 42.5 Å². The van der Waals surface area contributed by atoms with Crippen LogP contribution in [-0.4, -0.2) is 45.1 Å². The molecule has 1 N–H and O–H groups in total. The van der Waals surface area contributed by atoms with Crippen molar-refractivity contribution >= 4 is 29.1 Å². The lowest BCUT2D eigenvalue weighted by Crippen LogP contribution is -2.53. The topological polar surface area (TPSA) is 153 Å². The first-order chi connectivity index (χ1) is 16.7. The first-order valence-corrected chi connectivity index (χ1v) is 11.4. The second-order valence-electron chi connectivity index (χ2n) is 9.21. The predicted molar refractivity (Wildman–Crippen MR) is 122 cm³/mol. The second-order valence-corrected chi connectivity index (χ2v) is 9.21. The van der Waals surface area contributed by atoms with Crippen molar-refractivity contribution in [2.24, 2.45) is 11.8 Å². The van der Waals surface area contributed by atoms with Crippen LogP contribution in [-0.2, 0) is 9.59 Å². The Kier molecular flexibility index (Phi) is 5.34. The molecule has 5 atom stereocenters. The van der Waals surface area contributed by atoms with Gasteiger partial charge in [-0.1, -0.05) is 31.2 Å². The number of nitrogens with one attached hydrogen (secondary N) is 1. The van der Waals surface area contributed by atoms with E-state index in [1.165, 1.54) is 4.90 Å². The largest absolute Gasteiger partial charge is 0.349 e. The van der Waals surface area contributed by atoms with Crippen molar-refractivity contribution in [1.29, 1.82) is 0 Å². The number of amides is 3. The Morgan fingerprint density at radius 3 is 2.17 bits per heavy atom. The van der Waals surface area contributed by atoms with Crippen molar-refractivity contribution in [1.82, 2.24) is 10.2 Å². The highest BCUT2D eigenvalue weighted by atomic mass is 16.6. The Morgan fingerprint density at radius 2 is 1.57 bits per heavy atom. The Hall–Kier alpha value is -4.15. The third-order valence-electron chi connectivity index (χ3n) is 7.36. The smallest absolute Gasteiger partial charge is 0.277 e. The van der Waals surface area contributed by atoms with Gasteiger partial charge in [0, 0.05) is 30.6 Å². The summed E-state index contributed by atoms with van der Waals surface area (Å²) in [5, 5.41) is 25.3. The maximum atomic E-state index is 13.3. The van der Waals surface area contributed by atoms with Gasteiger partial charge in [-0.2, -0.15) is 0 Å². The molecule has 1 saturated carbocycles. The Labute approximate surface area is 199 Å². The van der Waals surface area contributed by atoms with Crippen LogP contribution in [0.5, 0.6) is 0 Å². The zero-order chi connectivity index (χ0) is 25.0. The monoisotopic (exact) mass is 478 g/mol. The molecule has 35 heavy (non-hydrogen) atoms. The predicted octanol–water partition coefficient (Wildman–Crippen LogP) is 2.90. The van der Waals surface area contributed by atoms with Crippen molar-refractivity contribution in [2.75, 3.05) is 6.54 Å². The molecule has 11 heteroatoms. The first-order valence-electron chi connectivity index (χ1n) is 11.4. The van der Waals surface area contributed by atoms with Crippen LogP contribution in [0.2, 0.25) is 0 Å². The summed E-state index contributed by atoms with van der Waals surface area (Å²) in [5.74, 6) is -2.91. The van der Waals surface area contributed by atoms with E-state index in [0.717, 1.165) is 29.3 Å². The van der Waals surface area contributed by atoms with Gasteiger partial charge in [0.1, 0.15) is 0 Å². The molecule has 3 aliphatic carbocycles. The minimum absolute atomic E-state index is 0.176. The molecule has 11 nitrogen and oxygen atoms in total. The summed E-state index contributed by atoms with van der Waals surface area (Å²) in [6, 6.07) is 9.86. The standard InChI is InChI=1S/C24H22N4O7/c1-2-7-26-23(30)20-17-11-18(19(21(20)24(26)31)16-6-4-3-5-15(16)17)25-22(29)12-8-13(27(32)33)10-14(9-12)28(34)35/h3-6,8-10,17-21H,2,7,11H2,1H3,(H,25,29)/t17-,18-,19-,20+,21-/m1/s1. The molecule has 2 aromatic rings. The summed E-state index contributed by atoms with van der Waals surface area (Å²) >= 11 is 0. The number of nitro groups is 2. The average Bonchev–Trinajstić information content (AvgIpc) is 3.10. The fourth-order valence-electron chi connectivity index (χ4n) is 6.06. The van der Waals surface area contributed by atoms with Gasteiger partial charge >= 0.3 is 0 Å². The van der Waals surface area contributed by atoms with Gasteiger partial charge in [-0.3, -0.25) is 39.5 Å². The molecule has 0 spiro atoms. The molecule has 1 heterocycles.